The molecule has 2 atom stereocenters. The van der Waals surface area contributed by atoms with E-state index in [4.69, 9.17) is 0 Å². The first-order valence-corrected chi connectivity index (χ1v) is 5.17. The van der Waals surface area contributed by atoms with Gasteiger partial charge in [0, 0.05) is 14.1 Å². The van der Waals surface area contributed by atoms with Crippen LogP contribution in [0.2, 0.25) is 0 Å². The number of carbonyl (C=O) groups is 1. The standard InChI is InChI=1S/C12H16N2O/c1-9-11(10-7-5-4-6-8-10)14(3)12(15)13(9)2/h4-9,11H,1-3H3/t9?,11-/m1/s1. The maximum Gasteiger partial charge on any atom is 0.320 e. The van der Waals surface area contributed by atoms with Gasteiger partial charge in [-0.05, 0) is 12.5 Å². The van der Waals surface area contributed by atoms with E-state index in [0.29, 0.717) is 0 Å². The van der Waals surface area contributed by atoms with E-state index >= 15 is 0 Å². The van der Waals surface area contributed by atoms with E-state index in [-0.39, 0.29) is 18.1 Å². The fourth-order valence-corrected chi connectivity index (χ4v) is 2.23. The highest BCUT2D eigenvalue weighted by molar-refractivity contribution is 5.77. The molecule has 0 spiro atoms. The van der Waals surface area contributed by atoms with Crippen molar-refractivity contribution < 1.29 is 4.79 Å². The van der Waals surface area contributed by atoms with Crippen LogP contribution >= 0.6 is 0 Å². The van der Waals surface area contributed by atoms with Crippen molar-refractivity contribution in [1.82, 2.24) is 9.80 Å². The van der Waals surface area contributed by atoms with Gasteiger partial charge in [-0.15, -0.1) is 0 Å². The van der Waals surface area contributed by atoms with Crippen molar-refractivity contribution in [3.63, 3.8) is 0 Å². The third-order valence-electron chi connectivity index (χ3n) is 3.23. The maximum atomic E-state index is 11.8. The highest BCUT2D eigenvalue weighted by atomic mass is 16.2. The van der Waals surface area contributed by atoms with Gasteiger partial charge >= 0.3 is 6.03 Å². The first kappa shape index (κ1) is 10.0. The third kappa shape index (κ3) is 1.48. The molecule has 15 heavy (non-hydrogen) atoms. The molecule has 3 nitrogen and oxygen atoms in total. The Morgan fingerprint density at radius 1 is 1.07 bits per heavy atom. The van der Waals surface area contributed by atoms with E-state index in [0.717, 1.165) is 0 Å². The molecule has 1 fully saturated rings. The summed E-state index contributed by atoms with van der Waals surface area (Å²) < 4.78 is 0. The molecule has 80 valence electrons. The van der Waals surface area contributed by atoms with Crippen LogP contribution in [-0.2, 0) is 0 Å². The minimum atomic E-state index is 0.0938. The van der Waals surface area contributed by atoms with Crippen LogP contribution in [0.3, 0.4) is 0 Å². The van der Waals surface area contributed by atoms with Gasteiger partial charge in [-0.2, -0.15) is 0 Å². The first-order valence-electron chi connectivity index (χ1n) is 5.17. The summed E-state index contributed by atoms with van der Waals surface area (Å²) in [5.41, 5.74) is 1.20. The van der Waals surface area contributed by atoms with Gasteiger partial charge in [0.1, 0.15) is 0 Å². The zero-order valence-electron chi connectivity index (χ0n) is 9.34. The van der Waals surface area contributed by atoms with Gasteiger partial charge < -0.3 is 9.80 Å². The Morgan fingerprint density at radius 2 is 1.67 bits per heavy atom. The number of hydrogen-bond donors (Lipinski definition) is 0. The van der Waals surface area contributed by atoms with E-state index in [1.54, 1.807) is 9.80 Å². The second kappa shape index (κ2) is 3.57. The number of benzene rings is 1. The molecule has 1 aliphatic rings. The molecule has 2 rings (SSSR count). The number of urea groups is 1. The van der Waals surface area contributed by atoms with Crippen LogP contribution in [0.4, 0.5) is 4.79 Å². The maximum absolute atomic E-state index is 11.8. The lowest BCUT2D eigenvalue weighted by molar-refractivity contribution is 0.200. The molecule has 0 saturated carbocycles. The molecule has 0 N–H and O–H groups in total. The quantitative estimate of drug-likeness (QED) is 0.687. The third-order valence-corrected chi connectivity index (χ3v) is 3.23. The smallest absolute Gasteiger partial charge is 0.320 e. The van der Waals surface area contributed by atoms with Crippen LogP contribution in [0, 0.1) is 0 Å². The Balaban J connectivity index is 2.35. The van der Waals surface area contributed by atoms with Crippen molar-refractivity contribution in [2.75, 3.05) is 14.1 Å². The number of likely N-dealkylation sites (N-methyl/N-ethyl adjacent to an activating group) is 2. The SMILES string of the molecule is CC1[C@H](c2ccccc2)N(C)C(=O)N1C. The molecule has 0 aromatic heterocycles. The van der Waals surface area contributed by atoms with Gasteiger partial charge in [0.2, 0.25) is 0 Å². The lowest BCUT2D eigenvalue weighted by Crippen LogP contribution is -2.28. The summed E-state index contributed by atoms with van der Waals surface area (Å²) in [4.78, 5) is 15.3. The predicted molar refractivity (Wildman–Crippen MR) is 59.6 cm³/mol. The molecule has 1 aliphatic heterocycles. The van der Waals surface area contributed by atoms with Crippen LogP contribution in [0.5, 0.6) is 0 Å². The van der Waals surface area contributed by atoms with Gasteiger partial charge in [0.05, 0.1) is 12.1 Å². The van der Waals surface area contributed by atoms with Crippen molar-refractivity contribution in [1.29, 1.82) is 0 Å². The number of rotatable bonds is 1. The molecule has 1 saturated heterocycles. The molecule has 0 radical (unpaired) electrons. The number of carbonyl (C=O) groups excluding carboxylic acids is 1. The van der Waals surface area contributed by atoms with Crippen molar-refractivity contribution in [3.8, 4) is 0 Å². The van der Waals surface area contributed by atoms with Gasteiger partial charge in [-0.1, -0.05) is 30.3 Å². The van der Waals surface area contributed by atoms with Gasteiger partial charge in [0.15, 0.2) is 0 Å². The summed E-state index contributed by atoms with van der Waals surface area (Å²) >= 11 is 0. The lowest BCUT2D eigenvalue weighted by Gasteiger charge is -2.22. The van der Waals surface area contributed by atoms with E-state index < -0.39 is 0 Å². The summed E-state index contributed by atoms with van der Waals surface area (Å²) in [6.45, 7) is 2.08. The minimum Gasteiger partial charge on any atom is -0.323 e. The minimum absolute atomic E-state index is 0.0938. The Labute approximate surface area is 90.3 Å². The lowest BCUT2D eigenvalue weighted by atomic mass is 10.0. The topological polar surface area (TPSA) is 23.6 Å². The van der Waals surface area contributed by atoms with Crippen LogP contribution in [-0.4, -0.2) is 36.0 Å². The summed E-state index contributed by atoms with van der Waals surface area (Å²) in [7, 11) is 3.71. The van der Waals surface area contributed by atoms with E-state index in [9.17, 15) is 4.79 Å². The summed E-state index contributed by atoms with van der Waals surface area (Å²) in [5.74, 6) is 0. The van der Waals surface area contributed by atoms with Crippen molar-refractivity contribution in [2.24, 2.45) is 0 Å². The Bertz CT molecular complexity index is 363. The second-order valence-corrected chi connectivity index (χ2v) is 4.10. The fourth-order valence-electron chi connectivity index (χ4n) is 2.23. The molecule has 2 amide bonds. The molecule has 0 aliphatic carbocycles. The van der Waals surface area contributed by atoms with Crippen LogP contribution in [0.25, 0.3) is 0 Å². The summed E-state index contributed by atoms with van der Waals surface area (Å²) in [6.07, 6.45) is 0. The number of hydrogen-bond acceptors (Lipinski definition) is 1. The van der Waals surface area contributed by atoms with Gasteiger partial charge in [-0.25, -0.2) is 4.79 Å². The van der Waals surface area contributed by atoms with Gasteiger partial charge in [0.25, 0.3) is 0 Å². The molecule has 1 aromatic carbocycles. The normalized spacial score (nSPS) is 26.2. The zero-order chi connectivity index (χ0) is 11.0. The Kier molecular flexibility index (Phi) is 2.39. The molecule has 1 unspecified atom stereocenters. The summed E-state index contributed by atoms with van der Waals surface area (Å²) in [5, 5.41) is 0. The summed E-state index contributed by atoms with van der Waals surface area (Å²) in [6, 6.07) is 10.7. The van der Waals surface area contributed by atoms with Crippen LogP contribution in [0.1, 0.15) is 18.5 Å². The largest absolute Gasteiger partial charge is 0.323 e. The first-order chi connectivity index (χ1) is 7.13. The predicted octanol–water partition coefficient (Wildman–Crippen LogP) is 2.11. The van der Waals surface area contributed by atoms with E-state index in [1.807, 2.05) is 32.3 Å². The highest BCUT2D eigenvalue weighted by Crippen LogP contribution is 2.32. The fraction of sp³-hybridized carbons (Fsp3) is 0.417. The van der Waals surface area contributed by atoms with Gasteiger partial charge in [-0.3, -0.25) is 0 Å². The average molecular weight is 204 g/mol. The number of amides is 2. The Morgan fingerprint density at radius 3 is 2.13 bits per heavy atom. The second-order valence-electron chi connectivity index (χ2n) is 4.10. The molecular weight excluding hydrogens is 188 g/mol. The molecule has 1 aromatic rings. The molecule has 1 heterocycles. The van der Waals surface area contributed by atoms with E-state index in [1.165, 1.54) is 5.56 Å². The monoisotopic (exact) mass is 204 g/mol. The van der Waals surface area contributed by atoms with Crippen molar-refractivity contribution in [2.45, 2.75) is 19.0 Å². The molecule has 3 heteroatoms. The molecule has 0 bridgehead atoms. The van der Waals surface area contributed by atoms with Crippen LogP contribution < -0.4 is 0 Å². The zero-order valence-corrected chi connectivity index (χ0v) is 9.34. The Hall–Kier alpha value is -1.51. The van der Waals surface area contributed by atoms with Crippen LogP contribution in [0.15, 0.2) is 30.3 Å². The average Bonchev–Trinajstić information content (AvgIpc) is 2.45. The highest BCUT2D eigenvalue weighted by Gasteiger charge is 2.39. The number of nitrogens with zero attached hydrogens (tertiary/aromatic N) is 2. The van der Waals surface area contributed by atoms with Crippen molar-refractivity contribution in [3.05, 3.63) is 35.9 Å². The molecular formula is C12H16N2O. The van der Waals surface area contributed by atoms with Crippen molar-refractivity contribution >= 4 is 6.03 Å². The van der Waals surface area contributed by atoms with E-state index in [2.05, 4.69) is 19.1 Å².